The van der Waals surface area contributed by atoms with Crippen LogP contribution in [0.25, 0.3) is 6.08 Å². The Morgan fingerprint density at radius 1 is 1.19 bits per heavy atom. The molecule has 1 N–H and O–H groups in total. The number of nitrogens with one attached hydrogen (secondary N) is 1. The quantitative estimate of drug-likeness (QED) is 0.621. The number of carbonyl (C=O) groups excluding carboxylic acids is 1. The molecule has 0 unspecified atom stereocenters. The second kappa shape index (κ2) is 8.72. The Hall–Kier alpha value is -3.26. The van der Waals surface area contributed by atoms with Crippen LogP contribution in [0.1, 0.15) is 25.0 Å². The average molecular weight is 350 g/mol. The van der Waals surface area contributed by atoms with Gasteiger partial charge in [0, 0.05) is 11.3 Å². The van der Waals surface area contributed by atoms with Crippen LogP contribution in [0.5, 0.6) is 11.5 Å². The highest BCUT2D eigenvalue weighted by Crippen LogP contribution is 2.33. The molecule has 2 aromatic rings. The molecule has 2 rings (SSSR count). The van der Waals surface area contributed by atoms with E-state index >= 15 is 0 Å². The maximum absolute atomic E-state index is 12.4. The normalized spacial score (nSPS) is 11.0. The predicted octanol–water partition coefficient (Wildman–Crippen LogP) is 4.34. The molecule has 0 bridgehead atoms. The van der Waals surface area contributed by atoms with Crippen molar-refractivity contribution < 1.29 is 14.3 Å². The molecule has 0 fully saturated rings. The lowest BCUT2D eigenvalue weighted by atomic mass is 10.1. The van der Waals surface area contributed by atoms with Crippen molar-refractivity contribution in [1.29, 1.82) is 5.26 Å². The number of rotatable bonds is 6. The number of carbonyl (C=O) groups is 1. The zero-order valence-corrected chi connectivity index (χ0v) is 15.4. The standard InChI is InChI=1S/C21H22N2O3/c1-14(2)26-20-16(6-5-7-19(20)25-4)12-17(13-22)21(24)23-18-10-8-15(3)9-11-18/h5-12,14H,1-4H3,(H,23,24)/b17-12-. The van der Waals surface area contributed by atoms with Crippen molar-refractivity contribution in [3.63, 3.8) is 0 Å². The Morgan fingerprint density at radius 3 is 2.46 bits per heavy atom. The predicted molar refractivity (Wildman–Crippen MR) is 102 cm³/mol. The van der Waals surface area contributed by atoms with E-state index in [-0.39, 0.29) is 11.7 Å². The first-order chi connectivity index (χ1) is 12.4. The van der Waals surface area contributed by atoms with Crippen LogP contribution in [0.2, 0.25) is 0 Å². The van der Waals surface area contributed by atoms with Crippen molar-refractivity contribution in [2.24, 2.45) is 0 Å². The summed E-state index contributed by atoms with van der Waals surface area (Å²) >= 11 is 0. The number of aryl methyl sites for hydroxylation is 1. The van der Waals surface area contributed by atoms with Gasteiger partial charge < -0.3 is 14.8 Å². The van der Waals surface area contributed by atoms with E-state index in [1.807, 2.05) is 39.0 Å². The third-order valence-corrected chi connectivity index (χ3v) is 3.56. The molecule has 0 aliphatic carbocycles. The molecule has 0 saturated heterocycles. The van der Waals surface area contributed by atoms with E-state index in [0.717, 1.165) is 5.56 Å². The van der Waals surface area contributed by atoms with Gasteiger partial charge in [0.1, 0.15) is 11.6 Å². The van der Waals surface area contributed by atoms with E-state index < -0.39 is 5.91 Å². The van der Waals surface area contributed by atoms with Crippen LogP contribution in [0.15, 0.2) is 48.0 Å². The molecule has 0 saturated carbocycles. The summed E-state index contributed by atoms with van der Waals surface area (Å²) in [6, 6.07) is 14.6. The van der Waals surface area contributed by atoms with Crippen molar-refractivity contribution in [2.75, 3.05) is 12.4 Å². The van der Waals surface area contributed by atoms with Gasteiger partial charge in [-0.15, -0.1) is 0 Å². The summed E-state index contributed by atoms with van der Waals surface area (Å²) in [5.74, 6) is 0.569. The van der Waals surface area contributed by atoms with E-state index in [9.17, 15) is 10.1 Å². The van der Waals surface area contributed by atoms with Crippen molar-refractivity contribution in [3.05, 3.63) is 59.2 Å². The van der Waals surface area contributed by atoms with Crippen molar-refractivity contribution in [1.82, 2.24) is 0 Å². The average Bonchev–Trinajstić information content (AvgIpc) is 2.62. The number of anilines is 1. The Kier molecular flexibility index (Phi) is 6.40. The molecular formula is C21H22N2O3. The lowest BCUT2D eigenvalue weighted by molar-refractivity contribution is -0.112. The van der Waals surface area contributed by atoms with Gasteiger partial charge in [-0.3, -0.25) is 4.79 Å². The molecule has 26 heavy (non-hydrogen) atoms. The zero-order valence-electron chi connectivity index (χ0n) is 15.4. The Balaban J connectivity index is 2.34. The second-order valence-corrected chi connectivity index (χ2v) is 6.04. The number of methoxy groups -OCH3 is 1. The third kappa shape index (κ3) is 4.87. The van der Waals surface area contributed by atoms with Crippen LogP contribution in [0.3, 0.4) is 0 Å². The number of amides is 1. The topological polar surface area (TPSA) is 71.3 Å². The summed E-state index contributed by atoms with van der Waals surface area (Å²) in [5.41, 5.74) is 2.30. The molecule has 0 heterocycles. The van der Waals surface area contributed by atoms with Gasteiger partial charge in [-0.25, -0.2) is 0 Å². The van der Waals surface area contributed by atoms with E-state index in [2.05, 4.69) is 5.32 Å². The summed E-state index contributed by atoms with van der Waals surface area (Å²) in [7, 11) is 1.55. The van der Waals surface area contributed by atoms with Crippen molar-refractivity contribution in [2.45, 2.75) is 26.9 Å². The maximum atomic E-state index is 12.4. The number of para-hydroxylation sites is 1. The summed E-state index contributed by atoms with van der Waals surface area (Å²) in [6.45, 7) is 5.76. The number of hydrogen-bond acceptors (Lipinski definition) is 4. The second-order valence-electron chi connectivity index (χ2n) is 6.04. The molecule has 0 aromatic heterocycles. The number of hydrogen-bond donors (Lipinski definition) is 1. The van der Waals surface area contributed by atoms with Crippen LogP contribution in [-0.2, 0) is 4.79 Å². The SMILES string of the molecule is COc1cccc(/C=C(/C#N)C(=O)Nc2ccc(C)cc2)c1OC(C)C. The molecule has 134 valence electrons. The minimum absolute atomic E-state index is 0.0209. The van der Waals surface area contributed by atoms with E-state index in [1.54, 1.807) is 37.4 Å². The zero-order chi connectivity index (χ0) is 19.1. The molecule has 1 amide bonds. The van der Waals surface area contributed by atoms with E-state index in [1.165, 1.54) is 6.08 Å². The molecule has 0 radical (unpaired) electrons. The highest BCUT2D eigenvalue weighted by molar-refractivity contribution is 6.09. The molecule has 0 spiro atoms. The highest BCUT2D eigenvalue weighted by Gasteiger charge is 2.15. The molecule has 0 aliphatic rings. The van der Waals surface area contributed by atoms with Crippen LogP contribution in [0.4, 0.5) is 5.69 Å². The fourth-order valence-electron chi connectivity index (χ4n) is 2.31. The summed E-state index contributed by atoms with van der Waals surface area (Å²) in [6.07, 6.45) is 1.43. The number of ether oxygens (including phenoxy) is 2. The molecular weight excluding hydrogens is 328 g/mol. The Bertz CT molecular complexity index is 847. The van der Waals surface area contributed by atoms with Gasteiger partial charge in [0.15, 0.2) is 11.5 Å². The fourth-order valence-corrected chi connectivity index (χ4v) is 2.31. The van der Waals surface area contributed by atoms with Crippen LogP contribution < -0.4 is 14.8 Å². The molecule has 0 atom stereocenters. The molecule has 5 heteroatoms. The number of nitriles is 1. The summed E-state index contributed by atoms with van der Waals surface area (Å²) in [4.78, 5) is 12.4. The van der Waals surface area contributed by atoms with Crippen molar-refractivity contribution >= 4 is 17.7 Å². The fraction of sp³-hybridized carbons (Fsp3) is 0.238. The van der Waals surface area contributed by atoms with Gasteiger partial charge in [0.25, 0.3) is 5.91 Å². The summed E-state index contributed by atoms with van der Waals surface area (Å²) in [5, 5.41) is 12.2. The Labute approximate surface area is 153 Å². The van der Waals surface area contributed by atoms with Gasteiger partial charge in [-0.05, 0) is 45.0 Å². The first kappa shape index (κ1) is 19.1. The monoisotopic (exact) mass is 350 g/mol. The highest BCUT2D eigenvalue weighted by atomic mass is 16.5. The largest absolute Gasteiger partial charge is 0.493 e. The minimum Gasteiger partial charge on any atom is -0.493 e. The smallest absolute Gasteiger partial charge is 0.266 e. The number of nitrogens with zero attached hydrogens (tertiary/aromatic N) is 1. The van der Waals surface area contributed by atoms with Crippen molar-refractivity contribution in [3.8, 4) is 17.6 Å². The lowest BCUT2D eigenvalue weighted by Gasteiger charge is -2.16. The Morgan fingerprint density at radius 2 is 1.88 bits per heavy atom. The molecule has 0 aliphatic heterocycles. The third-order valence-electron chi connectivity index (χ3n) is 3.56. The van der Waals surface area contributed by atoms with Crippen LogP contribution in [0, 0.1) is 18.3 Å². The van der Waals surface area contributed by atoms with Crippen LogP contribution in [-0.4, -0.2) is 19.1 Å². The summed E-state index contributed by atoms with van der Waals surface area (Å²) < 4.78 is 11.1. The molecule has 5 nitrogen and oxygen atoms in total. The van der Waals surface area contributed by atoms with Gasteiger partial charge in [0.2, 0.25) is 0 Å². The first-order valence-corrected chi connectivity index (χ1v) is 8.28. The van der Waals surface area contributed by atoms with Crippen LogP contribution >= 0.6 is 0 Å². The van der Waals surface area contributed by atoms with E-state index in [4.69, 9.17) is 9.47 Å². The van der Waals surface area contributed by atoms with Gasteiger partial charge in [-0.1, -0.05) is 29.8 Å². The molecule has 2 aromatic carbocycles. The van der Waals surface area contributed by atoms with Gasteiger partial charge >= 0.3 is 0 Å². The van der Waals surface area contributed by atoms with Gasteiger partial charge in [-0.2, -0.15) is 5.26 Å². The van der Waals surface area contributed by atoms with Gasteiger partial charge in [0.05, 0.1) is 13.2 Å². The minimum atomic E-state index is -0.477. The first-order valence-electron chi connectivity index (χ1n) is 8.28. The van der Waals surface area contributed by atoms with E-state index in [0.29, 0.717) is 22.7 Å². The number of benzene rings is 2. The lowest BCUT2D eigenvalue weighted by Crippen LogP contribution is -2.13. The maximum Gasteiger partial charge on any atom is 0.266 e.